The lowest BCUT2D eigenvalue weighted by atomic mass is 10.1. The molecule has 4 aromatic rings. The standard InChI is InChI=1S/C26H23O3S/c1-28-16-17-29-26(27)22-13-12-21-19-25(15-14-20(21)18-22)30(23-8-4-2-5-9-23)24-10-6-3-7-11-24/h2-15,18-19H,16-17H2,1H3/q+1. The predicted octanol–water partition coefficient (Wildman–Crippen LogP) is 5.74. The molecule has 0 fully saturated rings. The molecule has 3 nitrogen and oxygen atoms in total. The summed E-state index contributed by atoms with van der Waals surface area (Å²) in [5, 5.41) is 2.12. The van der Waals surface area contributed by atoms with Crippen LogP contribution in [0.1, 0.15) is 10.4 Å². The molecular formula is C26H23O3S+. The molecule has 0 N–H and O–H groups in total. The van der Waals surface area contributed by atoms with Crippen molar-refractivity contribution in [3.8, 4) is 0 Å². The number of esters is 1. The van der Waals surface area contributed by atoms with Crippen LogP contribution in [-0.4, -0.2) is 26.3 Å². The van der Waals surface area contributed by atoms with Crippen molar-refractivity contribution in [3.05, 3.63) is 103 Å². The second-order valence-corrected chi connectivity index (χ2v) is 8.81. The first-order valence-corrected chi connectivity index (χ1v) is 11.0. The average molecular weight is 416 g/mol. The van der Waals surface area contributed by atoms with Crippen molar-refractivity contribution in [2.75, 3.05) is 20.3 Å². The first kappa shape index (κ1) is 20.2. The third kappa shape index (κ3) is 4.56. The molecule has 0 saturated heterocycles. The first-order valence-electron chi connectivity index (χ1n) is 9.80. The highest BCUT2D eigenvalue weighted by molar-refractivity contribution is 7.97. The van der Waals surface area contributed by atoms with Gasteiger partial charge in [0.15, 0.2) is 14.7 Å². The summed E-state index contributed by atoms with van der Waals surface area (Å²) in [5.74, 6) is -0.327. The summed E-state index contributed by atoms with van der Waals surface area (Å²) in [7, 11) is 1.39. The van der Waals surface area contributed by atoms with Crippen molar-refractivity contribution in [1.29, 1.82) is 0 Å². The van der Waals surface area contributed by atoms with E-state index in [0.29, 0.717) is 12.2 Å². The van der Waals surface area contributed by atoms with E-state index in [9.17, 15) is 4.79 Å². The van der Waals surface area contributed by atoms with Gasteiger partial charge in [-0.1, -0.05) is 42.5 Å². The van der Waals surface area contributed by atoms with Crippen LogP contribution in [-0.2, 0) is 20.4 Å². The van der Waals surface area contributed by atoms with Crippen LogP contribution in [0.5, 0.6) is 0 Å². The summed E-state index contributed by atoms with van der Waals surface area (Å²) in [5.41, 5.74) is 0.552. The van der Waals surface area contributed by atoms with Gasteiger partial charge < -0.3 is 9.47 Å². The minimum atomic E-state index is -0.327. The summed E-state index contributed by atoms with van der Waals surface area (Å²) in [6.07, 6.45) is 0. The number of rotatable bonds is 7. The van der Waals surface area contributed by atoms with Crippen LogP contribution in [0.15, 0.2) is 112 Å². The van der Waals surface area contributed by atoms with Crippen molar-refractivity contribution < 1.29 is 14.3 Å². The molecule has 0 unspecified atom stereocenters. The van der Waals surface area contributed by atoms with E-state index >= 15 is 0 Å². The Bertz CT molecular complexity index is 1090. The molecule has 4 heteroatoms. The van der Waals surface area contributed by atoms with Crippen molar-refractivity contribution in [2.24, 2.45) is 0 Å². The van der Waals surface area contributed by atoms with Gasteiger partial charge in [0.1, 0.15) is 6.61 Å². The molecule has 0 heterocycles. The Labute approximate surface area is 179 Å². The third-order valence-corrected chi connectivity index (χ3v) is 6.97. The van der Waals surface area contributed by atoms with Gasteiger partial charge >= 0.3 is 5.97 Å². The highest BCUT2D eigenvalue weighted by atomic mass is 32.2. The predicted molar refractivity (Wildman–Crippen MR) is 121 cm³/mol. The SMILES string of the molecule is COCCOC(=O)c1ccc2cc([S+](c3ccccc3)c3ccccc3)ccc2c1. The molecule has 150 valence electrons. The van der Waals surface area contributed by atoms with Crippen LogP contribution < -0.4 is 0 Å². The lowest BCUT2D eigenvalue weighted by molar-refractivity contribution is 0.0388. The van der Waals surface area contributed by atoms with E-state index in [4.69, 9.17) is 9.47 Å². The van der Waals surface area contributed by atoms with Crippen LogP contribution in [0.2, 0.25) is 0 Å². The van der Waals surface area contributed by atoms with E-state index in [1.165, 1.54) is 14.7 Å². The molecule has 0 spiro atoms. The van der Waals surface area contributed by atoms with Crippen LogP contribution in [0.4, 0.5) is 0 Å². The number of carbonyl (C=O) groups excluding carboxylic acids is 1. The van der Waals surface area contributed by atoms with Gasteiger partial charge in [-0.2, -0.15) is 0 Å². The Kier molecular flexibility index (Phi) is 6.47. The van der Waals surface area contributed by atoms with Crippen molar-refractivity contribution in [2.45, 2.75) is 14.7 Å². The largest absolute Gasteiger partial charge is 0.460 e. The highest BCUT2D eigenvalue weighted by Crippen LogP contribution is 2.33. The fourth-order valence-electron chi connectivity index (χ4n) is 3.30. The van der Waals surface area contributed by atoms with E-state index in [1.54, 1.807) is 7.11 Å². The van der Waals surface area contributed by atoms with Gasteiger partial charge in [0.25, 0.3) is 0 Å². The molecule has 30 heavy (non-hydrogen) atoms. The summed E-state index contributed by atoms with van der Waals surface area (Å²) in [6.45, 7) is 0.646. The van der Waals surface area contributed by atoms with E-state index in [1.807, 2.05) is 30.3 Å². The molecule has 4 rings (SSSR count). The molecule has 4 aromatic carbocycles. The number of benzene rings is 4. The number of hydrogen-bond donors (Lipinski definition) is 0. The van der Waals surface area contributed by atoms with Gasteiger partial charge in [-0.05, 0) is 59.3 Å². The molecule has 0 aliphatic carbocycles. The van der Waals surface area contributed by atoms with Crippen molar-refractivity contribution in [3.63, 3.8) is 0 Å². The third-order valence-electron chi connectivity index (χ3n) is 4.76. The Balaban J connectivity index is 1.69. The van der Waals surface area contributed by atoms with Crippen LogP contribution in [0.25, 0.3) is 10.8 Å². The van der Waals surface area contributed by atoms with Crippen molar-refractivity contribution >= 4 is 27.6 Å². The Morgan fingerprint density at radius 3 is 1.93 bits per heavy atom. The van der Waals surface area contributed by atoms with Gasteiger partial charge in [-0.3, -0.25) is 0 Å². The number of methoxy groups -OCH3 is 1. The van der Waals surface area contributed by atoms with Crippen LogP contribution >= 0.6 is 0 Å². The fourth-order valence-corrected chi connectivity index (χ4v) is 5.42. The minimum Gasteiger partial charge on any atom is -0.460 e. The van der Waals surface area contributed by atoms with Gasteiger partial charge in [-0.25, -0.2) is 4.79 Å². The zero-order valence-electron chi connectivity index (χ0n) is 16.8. The lowest BCUT2D eigenvalue weighted by Crippen LogP contribution is -2.09. The average Bonchev–Trinajstić information content (AvgIpc) is 2.80. The van der Waals surface area contributed by atoms with E-state index in [2.05, 4.69) is 66.7 Å². The fraction of sp³-hybridized carbons (Fsp3) is 0.115. The maximum Gasteiger partial charge on any atom is 0.338 e. The molecule has 0 aliphatic heterocycles. The summed E-state index contributed by atoms with van der Waals surface area (Å²) in [6, 6.07) is 33.3. The molecular weight excluding hydrogens is 392 g/mol. The maximum absolute atomic E-state index is 12.2. The van der Waals surface area contributed by atoms with Gasteiger partial charge in [0, 0.05) is 13.2 Å². The normalized spacial score (nSPS) is 11.0. The van der Waals surface area contributed by atoms with Gasteiger partial charge in [0.05, 0.1) is 23.1 Å². The molecule has 0 aromatic heterocycles. The molecule has 0 bridgehead atoms. The van der Waals surface area contributed by atoms with E-state index < -0.39 is 0 Å². The molecule has 0 amide bonds. The Morgan fingerprint density at radius 1 is 0.700 bits per heavy atom. The molecule has 0 saturated carbocycles. The summed E-state index contributed by atoms with van der Waals surface area (Å²) >= 11 is 0. The number of hydrogen-bond acceptors (Lipinski definition) is 3. The Morgan fingerprint density at radius 2 is 1.30 bits per heavy atom. The quantitative estimate of drug-likeness (QED) is 0.219. The highest BCUT2D eigenvalue weighted by Gasteiger charge is 2.28. The second kappa shape index (κ2) is 9.61. The molecule has 0 aliphatic rings. The van der Waals surface area contributed by atoms with E-state index in [0.717, 1.165) is 10.8 Å². The number of fused-ring (bicyclic) bond motifs is 1. The maximum atomic E-state index is 12.2. The minimum absolute atomic E-state index is 0.196. The van der Waals surface area contributed by atoms with Gasteiger partial charge in [-0.15, -0.1) is 0 Å². The second-order valence-electron chi connectivity index (χ2n) is 6.78. The monoisotopic (exact) mass is 415 g/mol. The van der Waals surface area contributed by atoms with Crippen LogP contribution in [0.3, 0.4) is 0 Å². The Hall–Kier alpha value is -3.08. The van der Waals surface area contributed by atoms with E-state index in [-0.39, 0.29) is 23.5 Å². The molecule has 0 atom stereocenters. The van der Waals surface area contributed by atoms with Crippen LogP contribution in [0, 0.1) is 0 Å². The lowest BCUT2D eigenvalue weighted by Gasteiger charge is -2.09. The topological polar surface area (TPSA) is 35.5 Å². The summed E-state index contributed by atoms with van der Waals surface area (Å²) in [4.78, 5) is 16.0. The van der Waals surface area contributed by atoms with Gasteiger partial charge in [0.2, 0.25) is 0 Å². The zero-order chi connectivity index (χ0) is 20.8. The van der Waals surface area contributed by atoms with Crippen molar-refractivity contribution in [1.82, 2.24) is 0 Å². The first-order chi connectivity index (χ1) is 14.8. The molecule has 0 radical (unpaired) electrons. The summed E-state index contributed by atoms with van der Waals surface area (Å²) < 4.78 is 10.2. The number of ether oxygens (including phenoxy) is 2. The zero-order valence-corrected chi connectivity index (χ0v) is 17.6. The number of carbonyl (C=O) groups is 1. The smallest absolute Gasteiger partial charge is 0.338 e.